The Labute approximate surface area is 133 Å². The molecule has 0 aromatic heterocycles. The van der Waals surface area contributed by atoms with Crippen LogP contribution in [-0.4, -0.2) is 31.5 Å². The molecule has 0 bridgehead atoms. The maximum absolute atomic E-state index is 13.7. The lowest BCUT2D eigenvalue weighted by atomic mass is 9.98. The topological polar surface area (TPSA) is 37.4 Å². The first-order valence-electron chi connectivity index (χ1n) is 8.17. The van der Waals surface area contributed by atoms with Crippen LogP contribution in [0.25, 0.3) is 0 Å². The largest absolute Gasteiger partial charge is 0.247 e. The van der Waals surface area contributed by atoms with Gasteiger partial charge in [-0.25, -0.2) is 12.8 Å². The minimum atomic E-state index is -3.52. The first kappa shape index (κ1) is 17.4. The second-order valence-corrected chi connectivity index (χ2v) is 8.09. The third-order valence-electron chi connectivity index (χ3n) is 4.37. The predicted octanol–water partition coefficient (Wildman–Crippen LogP) is 4.07. The molecule has 0 radical (unpaired) electrons. The molecule has 0 N–H and O–H groups in total. The minimum absolute atomic E-state index is 0.207. The summed E-state index contributed by atoms with van der Waals surface area (Å²) in [6, 6.07) is 6.70. The van der Waals surface area contributed by atoms with Crippen molar-refractivity contribution in [1.29, 1.82) is 0 Å². The number of rotatable bonds is 6. The molecule has 22 heavy (non-hydrogen) atoms. The number of alkyl halides is 1. The van der Waals surface area contributed by atoms with Crippen LogP contribution in [0.5, 0.6) is 0 Å². The van der Waals surface area contributed by atoms with Crippen LogP contribution in [0.4, 0.5) is 4.39 Å². The van der Waals surface area contributed by atoms with Gasteiger partial charge in [0.2, 0.25) is 10.0 Å². The van der Waals surface area contributed by atoms with Crippen molar-refractivity contribution in [2.75, 3.05) is 6.54 Å². The van der Waals surface area contributed by atoms with Crippen molar-refractivity contribution in [2.24, 2.45) is 0 Å². The average molecular weight is 327 g/mol. The van der Waals surface area contributed by atoms with Crippen molar-refractivity contribution < 1.29 is 12.8 Å². The quantitative estimate of drug-likeness (QED) is 0.739. The summed E-state index contributed by atoms with van der Waals surface area (Å²) in [5.74, 6) is 0. The molecule has 0 spiro atoms. The molecule has 0 unspecified atom stereocenters. The first-order chi connectivity index (χ1) is 10.4. The summed E-state index contributed by atoms with van der Waals surface area (Å²) in [4.78, 5) is 0.316. The zero-order valence-corrected chi connectivity index (χ0v) is 14.3. The lowest BCUT2D eigenvalue weighted by molar-refractivity contribution is 0.148. The summed E-state index contributed by atoms with van der Waals surface area (Å²) in [5, 5.41) is 0. The molecular weight excluding hydrogens is 301 g/mol. The number of piperidine rings is 1. The fourth-order valence-electron chi connectivity index (χ4n) is 3.03. The van der Waals surface area contributed by atoms with E-state index in [0.29, 0.717) is 17.7 Å². The van der Waals surface area contributed by atoms with E-state index in [9.17, 15) is 12.8 Å². The highest BCUT2D eigenvalue weighted by atomic mass is 32.2. The minimum Gasteiger partial charge on any atom is -0.247 e. The molecule has 1 heterocycles. The van der Waals surface area contributed by atoms with Crippen molar-refractivity contribution in [3.8, 4) is 0 Å². The lowest BCUT2D eigenvalue weighted by Gasteiger charge is -2.36. The summed E-state index contributed by atoms with van der Waals surface area (Å²) < 4.78 is 41.0. The monoisotopic (exact) mass is 327 g/mol. The van der Waals surface area contributed by atoms with Gasteiger partial charge < -0.3 is 0 Å². The van der Waals surface area contributed by atoms with E-state index in [2.05, 4.69) is 6.92 Å². The molecule has 2 atom stereocenters. The number of hydrogen-bond donors (Lipinski definition) is 0. The van der Waals surface area contributed by atoms with Gasteiger partial charge in [0.05, 0.1) is 4.90 Å². The number of unbranched alkanes of at least 4 members (excludes halogenated alkanes) is 2. The number of nitrogens with zero attached hydrogens (tertiary/aromatic N) is 1. The zero-order valence-electron chi connectivity index (χ0n) is 13.5. The van der Waals surface area contributed by atoms with Gasteiger partial charge >= 0.3 is 0 Å². The van der Waals surface area contributed by atoms with E-state index in [1.165, 1.54) is 4.31 Å². The number of halogens is 1. The van der Waals surface area contributed by atoms with E-state index < -0.39 is 16.2 Å². The first-order valence-corrected chi connectivity index (χ1v) is 9.61. The predicted molar refractivity (Wildman–Crippen MR) is 87.1 cm³/mol. The van der Waals surface area contributed by atoms with Crippen LogP contribution < -0.4 is 0 Å². The smallest absolute Gasteiger partial charge is 0.243 e. The average Bonchev–Trinajstić information content (AvgIpc) is 2.48. The van der Waals surface area contributed by atoms with Crippen molar-refractivity contribution >= 4 is 10.0 Å². The molecule has 1 saturated heterocycles. The van der Waals surface area contributed by atoms with Gasteiger partial charge in [0, 0.05) is 12.6 Å². The summed E-state index contributed by atoms with van der Waals surface area (Å²) in [5.41, 5.74) is 1.03. The second-order valence-electron chi connectivity index (χ2n) is 6.20. The second kappa shape index (κ2) is 7.55. The maximum Gasteiger partial charge on any atom is 0.243 e. The Morgan fingerprint density at radius 2 is 1.91 bits per heavy atom. The van der Waals surface area contributed by atoms with Crippen molar-refractivity contribution in [3.63, 3.8) is 0 Å². The van der Waals surface area contributed by atoms with Crippen LogP contribution in [0.15, 0.2) is 29.2 Å². The van der Waals surface area contributed by atoms with Crippen molar-refractivity contribution in [3.05, 3.63) is 29.8 Å². The Morgan fingerprint density at radius 3 is 2.55 bits per heavy atom. The van der Waals surface area contributed by atoms with Crippen LogP contribution in [0, 0.1) is 6.92 Å². The van der Waals surface area contributed by atoms with Gasteiger partial charge in [-0.2, -0.15) is 4.31 Å². The van der Waals surface area contributed by atoms with Gasteiger partial charge in [-0.05, 0) is 38.3 Å². The van der Waals surface area contributed by atoms with Crippen LogP contribution in [0.2, 0.25) is 0 Å². The van der Waals surface area contributed by atoms with Gasteiger partial charge in [-0.15, -0.1) is 0 Å². The Bertz CT molecular complexity index is 571. The molecule has 3 nitrogen and oxygen atoms in total. The maximum atomic E-state index is 13.7. The highest BCUT2D eigenvalue weighted by Gasteiger charge is 2.36. The molecule has 0 saturated carbocycles. The molecule has 1 aromatic carbocycles. The van der Waals surface area contributed by atoms with Gasteiger partial charge in [-0.3, -0.25) is 0 Å². The van der Waals surface area contributed by atoms with Gasteiger partial charge in [0.1, 0.15) is 6.17 Å². The van der Waals surface area contributed by atoms with Gasteiger partial charge in [0.15, 0.2) is 0 Å². The van der Waals surface area contributed by atoms with E-state index in [1.807, 2.05) is 6.92 Å². The van der Waals surface area contributed by atoms with E-state index in [0.717, 1.165) is 31.2 Å². The molecule has 1 aromatic rings. The van der Waals surface area contributed by atoms with Gasteiger partial charge in [0.25, 0.3) is 0 Å². The summed E-state index contributed by atoms with van der Waals surface area (Å²) in [6.45, 7) is 4.33. The summed E-state index contributed by atoms with van der Waals surface area (Å²) in [7, 11) is -3.52. The highest BCUT2D eigenvalue weighted by Crippen LogP contribution is 2.29. The Morgan fingerprint density at radius 1 is 1.23 bits per heavy atom. The molecule has 1 aliphatic heterocycles. The van der Waals surface area contributed by atoms with Crippen LogP contribution in [0.1, 0.15) is 51.0 Å². The van der Waals surface area contributed by atoms with E-state index in [-0.39, 0.29) is 12.6 Å². The molecule has 0 aliphatic carbocycles. The van der Waals surface area contributed by atoms with E-state index >= 15 is 0 Å². The molecule has 2 rings (SSSR count). The zero-order chi connectivity index (χ0) is 16.2. The lowest BCUT2D eigenvalue weighted by Crippen LogP contribution is -2.46. The third kappa shape index (κ3) is 4.07. The normalized spacial score (nSPS) is 23.6. The van der Waals surface area contributed by atoms with Crippen LogP contribution in [0.3, 0.4) is 0 Å². The number of sulfonamides is 1. The number of hydrogen-bond acceptors (Lipinski definition) is 2. The van der Waals surface area contributed by atoms with E-state index in [1.54, 1.807) is 24.3 Å². The van der Waals surface area contributed by atoms with Crippen LogP contribution in [-0.2, 0) is 10.0 Å². The highest BCUT2D eigenvalue weighted by molar-refractivity contribution is 7.89. The van der Waals surface area contributed by atoms with E-state index in [4.69, 9.17) is 0 Å². The molecule has 5 heteroatoms. The van der Waals surface area contributed by atoms with Crippen molar-refractivity contribution in [2.45, 2.75) is 69.5 Å². The Kier molecular flexibility index (Phi) is 5.98. The third-order valence-corrected chi connectivity index (χ3v) is 6.33. The fraction of sp³-hybridized carbons (Fsp3) is 0.647. The van der Waals surface area contributed by atoms with Crippen molar-refractivity contribution in [1.82, 2.24) is 4.31 Å². The summed E-state index contributed by atoms with van der Waals surface area (Å²) >= 11 is 0. The summed E-state index contributed by atoms with van der Waals surface area (Å²) in [6.07, 6.45) is 3.59. The fourth-order valence-corrected chi connectivity index (χ4v) is 4.71. The SMILES string of the molecule is CCCCC[C@H]1C[C@@H](F)CCN1S(=O)(=O)c1ccc(C)cc1. The Hall–Kier alpha value is -0.940. The standard InChI is InChI=1S/C17H26FNO2S/c1-3-4-5-6-16-13-15(18)11-12-19(16)22(20,21)17-9-7-14(2)8-10-17/h7-10,15-16H,3-6,11-13H2,1-2H3/t15-,16-/m0/s1. The number of aryl methyl sites for hydroxylation is 1. The molecule has 0 amide bonds. The number of benzene rings is 1. The molecule has 124 valence electrons. The van der Waals surface area contributed by atoms with Gasteiger partial charge in [-0.1, -0.05) is 43.9 Å². The molecular formula is C17H26FNO2S. The Balaban J connectivity index is 2.19. The molecule has 1 fully saturated rings. The van der Waals surface area contributed by atoms with Crippen LogP contribution >= 0.6 is 0 Å². The molecule has 1 aliphatic rings.